The van der Waals surface area contributed by atoms with E-state index in [9.17, 15) is 4.79 Å². The topological polar surface area (TPSA) is 66.9 Å². The second kappa shape index (κ2) is 6.30. The van der Waals surface area contributed by atoms with Crippen molar-refractivity contribution in [2.24, 2.45) is 0 Å². The Hall–Kier alpha value is -2.69. The van der Waals surface area contributed by atoms with Gasteiger partial charge >= 0.3 is 0 Å². The van der Waals surface area contributed by atoms with Gasteiger partial charge in [-0.05, 0) is 31.2 Å². The third kappa shape index (κ3) is 4.23. The van der Waals surface area contributed by atoms with Gasteiger partial charge in [-0.15, -0.1) is 0 Å². The Morgan fingerprint density at radius 1 is 1.00 bits per heavy atom. The molecule has 0 saturated carbocycles. The highest BCUT2D eigenvalue weighted by atomic mass is 16.1. The first kappa shape index (κ1) is 12.8. The van der Waals surface area contributed by atoms with E-state index in [1.54, 1.807) is 31.5 Å². The summed E-state index contributed by atoms with van der Waals surface area (Å²) in [5.41, 5.74) is 0.701. The molecule has 0 saturated heterocycles. The number of rotatable bonds is 4. The van der Waals surface area contributed by atoms with Gasteiger partial charge in [0.2, 0.25) is 0 Å². The average molecular weight is 254 g/mol. The Morgan fingerprint density at radius 3 is 2.11 bits per heavy atom. The van der Waals surface area contributed by atoms with Crippen molar-refractivity contribution in [3.63, 3.8) is 0 Å². The van der Waals surface area contributed by atoms with E-state index in [0.717, 1.165) is 0 Å². The fraction of sp³-hybridized carbons (Fsp3) is 0.0714. The molecule has 0 spiro atoms. The molecule has 2 aromatic rings. The van der Waals surface area contributed by atoms with Crippen LogP contribution < -0.4 is 10.6 Å². The van der Waals surface area contributed by atoms with Crippen LogP contribution in [0.3, 0.4) is 0 Å². The molecule has 5 heteroatoms. The van der Waals surface area contributed by atoms with E-state index >= 15 is 0 Å². The minimum Gasteiger partial charge on any atom is -0.344 e. The molecule has 2 aromatic heterocycles. The molecule has 2 N–H and O–H groups in total. The van der Waals surface area contributed by atoms with Crippen molar-refractivity contribution in [2.45, 2.75) is 6.92 Å². The maximum absolute atomic E-state index is 11.7. The zero-order valence-electron chi connectivity index (χ0n) is 10.5. The number of nitrogens with zero attached hydrogens (tertiary/aromatic N) is 2. The lowest BCUT2D eigenvalue weighted by molar-refractivity contribution is -0.112. The molecule has 0 aliphatic heterocycles. The Kier molecular flexibility index (Phi) is 4.23. The first-order chi connectivity index (χ1) is 9.24. The van der Waals surface area contributed by atoms with Crippen LogP contribution in [-0.2, 0) is 4.79 Å². The quantitative estimate of drug-likeness (QED) is 0.822. The SMILES string of the molecule is CC(=CC(=O)Nc1ccccn1)Nc1ccccn1. The van der Waals surface area contributed by atoms with E-state index in [4.69, 9.17) is 0 Å². The van der Waals surface area contributed by atoms with E-state index in [2.05, 4.69) is 20.6 Å². The minimum absolute atomic E-state index is 0.236. The fourth-order valence-electron chi connectivity index (χ4n) is 1.47. The van der Waals surface area contributed by atoms with Gasteiger partial charge in [0.1, 0.15) is 11.6 Å². The van der Waals surface area contributed by atoms with Gasteiger partial charge in [0.15, 0.2) is 0 Å². The first-order valence-corrected chi connectivity index (χ1v) is 5.82. The summed E-state index contributed by atoms with van der Waals surface area (Å²) < 4.78 is 0. The van der Waals surface area contributed by atoms with Crippen LogP contribution in [0.25, 0.3) is 0 Å². The first-order valence-electron chi connectivity index (χ1n) is 5.82. The number of amides is 1. The third-order valence-electron chi connectivity index (χ3n) is 2.25. The average Bonchev–Trinajstić information content (AvgIpc) is 2.40. The predicted molar refractivity (Wildman–Crippen MR) is 74.5 cm³/mol. The highest BCUT2D eigenvalue weighted by molar-refractivity contribution is 5.99. The van der Waals surface area contributed by atoms with Crippen molar-refractivity contribution in [2.75, 3.05) is 10.6 Å². The predicted octanol–water partition coefficient (Wildman–Crippen LogP) is 2.43. The summed E-state index contributed by atoms with van der Waals surface area (Å²) in [6.45, 7) is 1.80. The number of carbonyl (C=O) groups is 1. The van der Waals surface area contributed by atoms with E-state index in [1.165, 1.54) is 6.08 Å². The molecule has 0 fully saturated rings. The molecule has 0 aliphatic carbocycles. The van der Waals surface area contributed by atoms with Gasteiger partial charge in [0.05, 0.1) is 0 Å². The summed E-state index contributed by atoms with van der Waals surface area (Å²) in [6.07, 6.45) is 4.77. The highest BCUT2D eigenvalue weighted by Gasteiger charge is 2.00. The van der Waals surface area contributed by atoms with Gasteiger partial charge in [-0.3, -0.25) is 4.79 Å². The minimum atomic E-state index is -0.236. The van der Waals surface area contributed by atoms with Crippen molar-refractivity contribution < 1.29 is 4.79 Å². The summed E-state index contributed by atoms with van der Waals surface area (Å²) in [5, 5.41) is 5.70. The van der Waals surface area contributed by atoms with Crippen LogP contribution in [0.4, 0.5) is 11.6 Å². The Morgan fingerprint density at radius 2 is 1.58 bits per heavy atom. The van der Waals surface area contributed by atoms with Gasteiger partial charge in [-0.1, -0.05) is 12.1 Å². The smallest absolute Gasteiger partial charge is 0.251 e. The second-order valence-corrected chi connectivity index (χ2v) is 3.87. The monoisotopic (exact) mass is 254 g/mol. The van der Waals surface area contributed by atoms with Crippen molar-refractivity contribution in [3.05, 3.63) is 60.6 Å². The van der Waals surface area contributed by atoms with Crippen molar-refractivity contribution in [1.82, 2.24) is 9.97 Å². The van der Waals surface area contributed by atoms with E-state index in [-0.39, 0.29) is 5.91 Å². The van der Waals surface area contributed by atoms with E-state index < -0.39 is 0 Å². The Balaban J connectivity index is 1.95. The second-order valence-electron chi connectivity index (χ2n) is 3.87. The van der Waals surface area contributed by atoms with E-state index in [0.29, 0.717) is 17.3 Å². The molecule has 2 heterocycles. The van der Waals surface area contributed by atoms with E-state index in [1.807, 2.05) is 24.3 Å². The maximum Gasteiger partial charge on any atom is 0.251 e. The van der Waals surface area contributed by atoms with Gasteiger partial charge in [-0.2, -0.15) is 0 Å². The number of anilines is 2. The third-order valence-corrected chi connectivity index (χ3v) is 2.25. The Bertz CT molecular complexity index is 567. The number of hydrogen-bond donors (Lipinski definition) is 2. The molecule has 0 aromatic carbocycles. The molecule has 5 nitrogen and oxygen atoms in total. The standard InChI is InChI=1S/C14H14N4O/c1-11(17-12-6-2-4-8-15-12)10-14(19)18-13-7-3-5-9-16-13/h2-10H,1H3,(H,15,17)(H,16,18,19). The molecule has 0 atom stereocenters. The molecule has 0 aliphatic rings. The summed E-state index contributed by atoms with van der Waals surface area (Å²) >= 11 is 0. The molecule has 0 radical (unpaired) electrons. The number of carbonyl (C=O) groups excluding carboxylic acids is 1. The molecule has 2 rings (SSSR count). The van der Waals surface area contributed by atoms with Crippen LogP contribution in [0.15, 0.2) is 60.6 Å². The number of pyridine rings is 2. The molecule has 0 bridgehead atoms. The van der Waals surface area contributed by atoms with Crippen molar-refractivity contribution in [3.8, 4) is 0 Å². The lowest BCUT2D eigenvalue weighted by atomic mass is 10.3. The molecular formula is C14H14N4O. The highest BCUT2D eigenvalue weighted by Crippen LogP contribution is 2.05. The Labute approximate surface area is 111 Å². The zero-order valence-corrected chi connectivity index (χ0v) is 10.5. The number of aromatic nitrogens is 2. The largest absolute Gasteiger partial charge is 0.344 e. The molecular weight excluding hydrogens is 240 g/mol. The summed E-state index contributed by atoms with van der Waals surface area (Å²) in [7, 11) is 0. The number of nitrogens with one attached hydrogen (secondary N) is 2. The molecule has 96 valence electrons. The van der Waals surface area contributed by atoms with Gasteiger partial charge in [0.25, 0.3) is 5.91 Å². The lowest BCUT2D eigenvalue weighted by Crippen LogP contribution is -2.11. The van der Waals surface area contributed by atoms with Crippen LogP contribution in [-0.4, -0.2) is 15.9 Å². The summed E-state index contributed by atoms with van der Waals surface area (Å²) in [4.78, 5) is 19.9. The number of hydrogen-bond acceptors (Lipinski definition) is 4. The van der Waals surface area contributed by atoms with Gasteiger partial charge in [0, 0.05) is 24.2 Å². The van der Waals surface area contributed by atoms with Crippen LogP contribution >= 0.6 is 0 Å². The van der Waals surface area contributed by atoms with Crippen molar-refractivity contribution >= 4 is 17.5 Å². The summed E-state index contributed by atoms with van der Waals surface area (Å²) in [6, 6.07) is 10.9. The molecule has 19 heavy (non-hydrogen) atoms. The van der Waals surface area contributed by atoms with Crippen molar-refractivity contribution in [1.29, 1.82) is 0 Å². The van der Waals surface area contributed by atoms with Crippen LogP contribution in [0, 0.1) is 0 Å². The normalized spacial score (nSPS) is 10.9. The number of allylic oxidation sites excluding steroid dienone is 1. The molecule has 1 amide bonds. The molecule has 0 unspecified atom stereocenters. The lowest BCUT2D eigenvalue weighted by Gasteiger charge is -2.05. The van der Waals surface area contributed by atoms with Gasteiger partial charge < -0.3 is 10.6 Å². The van der Waals surface area contributed by atoms with Crippen LogP contribution in [0.1, 0.15) is 6.92 Å². The van der Waals surface area contributed by atoms with Crippen LogP contribution in [0.2, 0.25) is 0 Å². The fourth-order valence-corrected chi connectivity index (χ4v) is 1.47. The summed E-state index contributed by atoms with van der Waals surface area (Å²) in [5.74, 6) is 0.982. The zero-order chi connectivity index (χ0) is 13.5. The van der Waals surface area contributed by atoms with Gasteiger partial charge in [-0.25, -0.2) is 9.97 Å². The van der Waals surface area contributed by atoms with Crippen LogP contribution in [0.5, 0.6) is 0 Å². The maximum atomic E-state index is 11.7.